The van der Waals surface area contributed by atoms with Gasteiger partial charge in [0.2, 0.25) is 5.91 Å². The first-order valence-corrected chi connectivity index (χ1v) is 6.93. The first kappa shape index (κ1) is 13.9. The Morgan fingerprint density at radius 3 is 2.68 bits per heavy atom. The second-order valence-corrected chi connectivity index (χ2v) is 5.06. The van der Waals surface area contributed by atoms with Crippen molar-refractivity contribution in [2.24, 2.45) is 11.7 Å². The lowest BCUT2D eigenvalue weighted by Crippen LogP contribution is -2.39. The predicted molar refractivity (Wildman–Crippen MR) is 75.0 cm³/mol. The SMILES string of the molecule is CCOc1ccc(CC(=O)NCC(N)C2CC2)cc1. The zero-order valence-electron chi connectivity index (χ0n) is 11.4. The molecule has 0 radical (unpaired) electrons. The van der Waals surface area contributed by atoms with E-state index in [4.69, 9.17) is 10.5 Å². The van der Waals surface area contributed by atoms with Crippen LogP contribution in [-0.2, 0) is 11.2 Å². The summed E-state index contributed by atoms with van der Waals surface area (Å²) in [6.45, 7) is 3.18. The van der Waals surface area contributed by atoms with E-state index in [0.717, 1.165) is 11.3 Å². The van der Waals surface area contributed by atoms with Crippen LogP contribution in [0, 0.1) is 5.92 Å². The fourth-order valence-corrected chi connectivity index (χ4v) is 2.04. The summed E-state index contributed by atoms with van der Waals surface area (Å²) >= 11 is 0. The maximum Gasteiger partial charge on any atom is 0.224 e. The number of carbonyl (C=O) groups is 1. The first-order chi connectivity index (χ1) is 9.19. The van der Waals surface area contributed by atoms with Crippen LogP contribution in [0.1, 0.15) is 25.3 Å². The topological polar surface area (TPSA) is 64.3 Å². The van der Waals surface area contributed by atoms with E-state index in [0.29, 0.717) is 25.5 Å². The first-order valence-electron chi connectivity index (χ1n) is 6.93. The zero-order chi connectivity index (χ0) is 13.7. The number of ether oxygens (including phenoxy) is 1. The van der Waals surface area contributed by atoms with E-state index in [9.17, 15) is 4.79 Å². The quantitative estimate of drug-likeness (QED) is 0.782. The molecule has 1 aromatic carbocycles. The maximum atomic E-state index is 11.8. The van der Waals surface area contributed by atoms with Crippen molar-refractivity contribution in [3.63, 3.8) is 0 Å². The second-order valence-electron chi connectivity index (χ2n) is 5.06. The molecule has 1 fully saturated rings. The van der Waals surface area contributed by atoms with E-state index >= 15 is 0 Å². The molecule has 0 aliphatic heterocycles. The Morgan fingerprint density at radius 2 is 2.11 bits per heavy atom. The lowest BCUT2D eigenvalue weighted by atomic mass is 10.1. The summed E-state index contributed by atoms with van der Waals surface area (Å²) in [5.74, 6) is 1.48. The highest BCUT2D eigenvalue weighted by Gasteiger charge is 2.28. The van der Waals surface area contributed by atoms with Crippen LogP contribution >= 0.6 is 0 Å². The van der Waals surface area contributed by atoms with Crippen LogP contribution in [0.5, 0.6) is 5.75 Å². The number of benzene rings is 1. The number of nitrogens with two attached hydrogens (primary N) is 1. The molecule has 1 amide bonds. The van der Waals surface area contributed by atoms with Gasteiger partial charge < -0.3 is 15.8 Å². The van der Waals surface area contributed by atoms with Gasteiger partial charge >= 0.3 is 0 Å². The summed E-state index contributed by atoms with van der Waals surface area (Å²) in [7, 11) is 0. The van der Waals surface area contributed by atoms with Gasteiger partial charge in [-0.25, -0.2) is 0 Å². The molecule has 1 atom stereocenters. The predicted octanol–water partition coefficient (Wildman–Crippen LogP) is 1.48. The molecule has 0 aromatic heterocycles. The third-order valence-electron chi connectivity index (χ3n) is 3.36. The largest absolute Gasteiger partial charge is 0.494 e. The minimum absolute atomic E-state index is 0.0280. The molecular weight excluding hydrogens is 240 g/mol. The van der Waals surface area contributed by atoms with Crippen LogP contribution in [0.2, 0.25) is 0 Å². The number of amides is 1. The number of rotatable bonds is 7. The Bertz CT molecular complexity index is 413. The molecule has 4 nitrogen and oxygen atoms in total. The number of hydrogen-bond acceptors (Lipinski definition) is 3. The third-order valence-corrected chi connectivity index (χ3v) is 3.36. The maximum absolute atomic E-state index is 11.8. The van der Waals surface area contributed by atoms with Gasteiger partial charge in [-0.1, -0.05) is 12.1 Å². The molecule has 1 saturated carbocycles. The molecule has 19 heavy (non-hydrogen) atoms. The van der Waals surface area contributed by atoms with E-state index < -0.39 is 0 Å². The molecule has 1 aromatic rings. The summed E-state index contributed by atoms with van der Waals surface area (Å²) in [6.07, 6.45) is 2.80. The van der Waals surface area contributed by atoms with E-state index in [-0.39, 0.29) is 11.9 Å². The Labute approximate surface area is 114 Å². The number of carbonyl (C=O) groups excluding carboxylic acids is 1. The van der Waals surface area contributed by atoms with Gasteiger partial charge in [0, 0.05) is 12.6 Å². The van der Waals surface area contributed by atoms with Gasteiger partial charge in [0.25, 0.3) is 0 Å². The number of hydrogen-bond donors (Lipinski definition) is 2. The highest BCUT2D eigenvalue weighted by molar-refractivity contribution is 5.78. The minimum Gasteiger partial charge on any atom is -0.494 e. The van der Waals surface area contributed by atoms with Crippen molar-refractivity contribution in [1.82, 2.24) is 5.32 Å². The van der Waals surface area contributed by atoms with Crippen molar-refractivity contribution >= 4 is 5.91 Å². The molecule has 4 heteroatoms. The van der Waals surface area contributed by atoms with Crippen LogP contribution < -0.4 is 15.8 Å². The monoisotopic (exact) mass is 262 g/mol. The van der Waals surface area contributed by atoms with Gasteiger partial charge in [-0.2, -0.15) is 0 Å². The van der Waals surface area contributed by atoms with Gasteiger partial charge in [0.15, 0.2) is 0 Å². The Kier molecular flexibility index (Phi) is 4.80. The zero-order valence-corrected chi connectivity index (χ0v) is 11.4. The summed E-state index contributed by atoms with van der Waals surface area (Å²) in [5, 5.41) is 2.90. The Morgan fingerprint density at radius 1 is 1.42 bits per heavy atom. The summed E-state index contributed by atoms with van der Waals surface area (Å²) in [6, 6.07) is 7.74. The standard InChI is InChI=1S/C15H22N2O2/c1-2-19-13-7-3-11(4-8-13)9-15(18)17-10-14(16)12-5-6-12/h3-4,7-8,12,14H,2,5-6,9-10,16H2,1H3,(H,17,18). The lowest BCUT2D eigenvalue weighted by molar-refractivity contribution is -0.120. The highest BCUT2D eigenvalue weighted by atomic mass is 16.5. The fourth-order valence-electron chi connectivity index (χ4n) is 2.04. The normalized spacial score (nSPS) is 15.9. The summed E-state index contributed by atoms with van der Waals surface area (Å²) in [4.78, 5) is 11.8. The van der Waals surface area contributed by atoms with Gasteiger partial charge in [0.05, 0.1) is 13.0 Å². The Hall–Kier alpha value is -1.55. The van der Waals surface area contributed by atoms with Crippen molar-refractivity contribution in [1.29, 1.82) is 0 Å². The molecule has 1 unspecified atom stereocenters. The van der Waals surface area contributed by atoms with Crippen LogP contribution in [0.4, 0.5) is 0 Å². The Balaban J connectivity index is 1.74. The van der Waals surface area contributed by atoms with E-state index in [1.165, 1.54) is 12.8 Å². The van der Waals surface area contributed by atoms with Crippen LogP contribution in [0.3, 0.4) is 0 Å². The van der Waals surface area contributed by atoms with Crippen molar-refractivity contribution in [3.05, 3.63) is 29.8 Å². The van der Waals surface area contributed by atoms with Gasteiger partial charge in [-0.15, -0.1) is 0 Å². The van der Waals surface area contributed by atoms with Gasteiger partial charge in [-0.3, -0.25) is 4.79 Å². The van der Waals surface area contributed by atoms with Crippen molar-refractivity contribution < 1.29 is 9.53 Å². The van der Waals surface area contributed by atoms with E-state index in [1.54, 1.807) is 0 Å². The molecule has 0 bridgehead atoms. The van der Waals surface area contributed by atoms with Crippen LogP contribution in [0.15, 0.2) is 24.3 Å². The van der Waals surface area contributed by atoms with Crippen LogP contribution in [-0.4, -0.2) is 25.1 Å². The van der Waals surface area contributed by atoms with Crippen molar-refractivity contribution in [2.75, 3.05) is 13.2 Å². The van der Waals surface area contributed by atoms with Gasteiger partial charge in [0.1, 0.15) is 5.75 Å². The van der Waals surface area contributed by atoms with Crippen LogP contribution in [0.25, 0.3) is 0 Å². The van der Waals surface area contributed by atoms with Crippen molar-refractivity contribution in [3.8, 4) is 5.75 Å². The molecule has 3 N–H and O–H groups in total. The molecule has 104 valence electrons. The fraction of sp³-hybridized carbons (Fsp3) is 0.533. The highest BCUT2D eigenvalue weighted by Crippen LogP contribution is 2.31. The number of nitrogens with one attached hydrogen (secondary N) is 1. The van der Waals surface area contributed by atoms with Crippen molar-refractivity contribution in [2.45, 2.75) is 32.2 Å². The average molecular weight is 262 g/mol. The average Bonchev–Trinajstić information content (AvgIpc) is 3.23. The summed E-state index contributed by atoms with van der Waals surface area (Å²) in [5.41, 5.74) is 6.93. The summed E-state index contributed by atoms with van der Waals surface area (Å²) < 4.78 is 5.36. The lowest BCUT2D eigenvalue weighted by Gasteiger charge is -2.11. The third kappa shape index (κ3) is 4.56. The molecule has 0 spiro atoms. The molecule has 1 aliphatic rings. The van der Waals surface area contributed by atoms with E-state index in [1.807, 2.05) is 31.2 Å². The minimum atomic E-state index is 0.0280. The van der Waals surface area contributed by atoms with E-state index in [2.05, 4.69) is 5.32 Å². The molecular formula is C15H22N2O2. The second kappa shape index (κ2) is 6.57. The molecule has 0 heterocycles. The molecule has 0 saturated heterocycles. The molecule has 2 rings (SSSR count). The smallest absolute Gasteiger partial charge is 0.224 e. The van der Waals surface area contributed by atoms with Gasteiger partial charge in [-0.05, 0) is 43.4 Å². The molecule has 1 aliphatic carbocycles.